The van der Waals surface area contributed by atoms with Crippen LogP contribution in [0.25, 0.3) is 11.0 Å². The van der Waals surface area contributed by atoms with Gasteiger partial charge in [-0.05, 0) is 66.8 Å². The van der Waals surface area contributed by atoms with E-state index in [9.17, 15) is 17.2 Å². The SMILES string of the molecule is Cc1cnc2[nH]cc(Cc3ccc(CCc4cc(F)ccc4S(C)(=O)=O)nc3F)c2c1. The highest BCUT2D eigenvalue weighted by atomic mass is 32.2. The molecule has 0 spiro atoms. The summed E-state index contributed by atoms with van der Waals surface area (Å²) in [4.78, 5) is 11.5. The van der Waals surface area contributed by atoms with Gasteiger partial charge in [-0.2, -0.15) is 4.39 Å². The Morgan fingerprint density at radius 1 is 1.00 bits per heavy atom. The molecule has 0 radical (unpaired) electrons. The molecule has 3 heterocycles. The Kier molecular flexibility index (Phi) is 5.58. The van der Waals surface area contributed by atoms with Crippen molar-refractivity contribution in [1.82, 2.24) is 15.0 Å². The van der Waals surface area contributed by atoms with Crippen LogP contribution < -0.4 is 0 Å². The summed E-state index contributed by atoms with van der Waals surface area (Å²) in [5, 5.41) is 0.947. The van der Waals surface area contributed by atoms with E-state index in [1.165, 1.54) is 12.1 Å². The van der Waals surface area contributed by atoms with Crippen LogP contribution in [0.2, 0.25) is 0 Å². The highest BCUT2D eigenvalue weighted by Gasteiger charge is 2.15. The molecule has 0 aliphatic carbocycles. The minimum atomic E-state index is -3.49. The number of hydrogen-bond donors (Lipinski definition) is 1. The summed E-state index contributed by atoms with van der Waals surface area (Å²) in [5.74, 6) is -1.09. The first-order valence-corrected chi connectivity index (χ1v) is 11.7. The average molecular weight is 442 g/mol. The summed E-state index contributed by atoms with van der Waals surface area (Å²) in [6.07, 6.45) is 5.57. The number of rotatable bonds is 6. The number of sulfone groups is 1. The largest absolute Gasteiger partial charge is 0.346 e. The summed E-state index contributed by atoms with van der Waals surface area (Å²) < 4.78 is 52.2. The lowest BCUT2D eigenvalue weighted by Crippen LogP contribution is -2.06. The summed E-state index contributed by atoms with van der Waals surface area (Å²) in [7, 11) is -3.49. The summed E-state index contributed by atoms with van der Waals surface area (Å²) in [5.41, 5.74) is 3.98. The number of benzene rings is 1. The highest BCUT2D eigenvalue weighted by Crippen LogP contribution is 2.23. The predicted octanol–water partition coefficient (Wildman–Crippen LogP) is 4.32. The maximum Gasteiger partial charge on any atom is 0.216 e. The van der Waals surface area contributed by atoms with E-state index in [1.54, 1.807) is 18.3 Å². The fraction of sp³-hybridized carbons (Fsp3) is 0.217. The van der Waals surface area contributed by atoms with Crippen LogP contribution in [0.1, 0.15) is 27.9 Å². The quantitative estimate of drug-likeness (QED) is 0.357. The third-order valence-electron chi connectivity index (χ3n) is 5.19. The Labute approximate surface area is 179 Å². The van der Waals surface area contributed by atoms with Crippen LogP contribution in [0.15, 0.2) is 53.7 Å². The Balaban J connectivity index is 1.53. The second-order valence-corrected chi connectivity index (χ2v) is 9.66. The molecule has 4 aromatic rings. The molecule has 8 heteroatoms. The standard InChI is InChI=1S/C23H21F2N3O2S/c1-14-9-20-17(13-27-23(20)26-12-14)10-16-4-7-19(28-22(16)25)6-3-15-11-18(24)5-8-21(15)31(2,29)30/h4-5,7-9,11-13H,3,6,10H2,1-2H3,(H,26,27). The summed E-state index contributed by atoms with van der Waals surface area (Å²) in [6.45, 7) is 1.95. The number of fused-ring (bicyclic) bond motifs is 1. The molecular formula is C23H21F2N3O2S. The van der Waals surface area contributed by atoms with Crippen molar-refractivity contribution in [2.24, 2.45) is 0 Å². The van der Waals surface area contributed by atoms with Crippen LogP contribution >= 0.6 is 0 Å². The molecule has 0 saturated heterocycles. The zero-order chi connectivity index (χ0) is 22.2. The van der Waals surface area contributed by atoms with Crippen molar-refractivity contribution < 1.29 is 17.2 Å². The number of nitrogens with one attached hydrogen (secondary N) is 1. The summed E-state index contributed by atoms with van der Waals surface area (Å²) in [6, 6.07) is 8.99. The maximum atomic E-state index is 14.7. The molecule has 3 aromatic heterocycles. The molecule has 0 fully saturated rings. The molecular weight excluding hydrogens is 420 g/mol. The van der Waals surface area contributed by atoms with E-state index in [1.807, 2.05) is 19.2 Å². The molecule has 31 heavy (non-hydrogen) atoms. The van der Waals surface area contributed by atoms with Crippen LogP contribution in [0.5, 0.6) is 0 Å². The first-order valence-electron chi connectivity index (χ1n) is 9.76. The minimum Gasteiger partial charge on any atom is -0.346 e. The number of aromatic amines is 1. The Morgan fingerprint density at radius 3 is 2.55 bits per heavy atom. The summed E-state index contributed by atoms with van der Waals surface area (Å²) >= 11 is 0. The van der Waals surface area contributed by atoms with E-state index in [0.717, 1.165) is 34.5 Å². The van der Waals surface area contributed by atoms with Crippen LogP contribution in [-0.2, 0) is 29.1 Å². The Hall–Kier alpha value is -3.13. The monoisotopic (exact) mass is 441 g/mol. The van der Waals surface area contributed by atoms with Gasteiger partial charge in [0.25, 0.3) is 0 Å². The number of aryl methyl sites for hydroxylation is 3. The zero-order valence-electron chi connectivity index (χ0n) is 17.1. The topological polar surface area (TPSA) is 75.7 Å². The van der Waals surface area contributed by atoms with Gasteiger partial charge in [0.15, 0.2) is 9.84 Å². The molecule has 5 nitrogen and oxygen atoms in total. The second kappa shape index (κ2) is 8.19. The fourth-order valence-corrected chi connectivity index (χ4v) is 4.61. The lowest BCUT2D eigenvalue weighted by atomic mass is 10.0. The molecule has 0 aliphatic rings. The van der Waals surface area contributed by atoms with Gasteiger partial charge in [-0.1, -0.05) is 6.07 Å². The third kappa shape index (κ3) is 4.64. The fourth-order valence-electron chi connectivity index (χ4n) is 3.65. The number of pyridine rings is 2. The number of H-pyrrole nitrogens is 1. The third-order valence-corrected chi connectivity index (χ3v) is 6.39. The van der Waals surface area contributed by atoms with Crippen molar-refractivity contribution >= 4 is 20.9 Å². The van der Waals surface area contributed by atoms with Gasteiger partial charge in [-0.15, -0.1) is 0 Å². The Bertz CT molecular complexity index is 1380. The second-order valence-electron chi connectivity index (χ2n) is 7.68. The highest BCUT2D eigenvalue weighted by molar-refractivity contribution is 7.90. The van der Waals surface area contributed by atoms with E-state index in [-0.39, 0.29) is 11.3 Å². The van der Waals surface area contributed by atoms with Gasteiger partial charge < -0.3 is 4.98 Å². The molecule has 1 N–H and O–H groups in total. The number of halogens is 2. The van der Waals surface area contributed by atoms with Crippen molar-refractivity contribution in [3.05, 3.63) is 88.5 Å². The van der Waals surface area contributed by atoms with Crippen molar-refractivity contribution in [2.75, 3.05) is 6.26 Å². The van der Waals surface area contributed by atoms with E-state index < -0.39 is 21.6 Å². The number of hydrogen-bond acceptors (Lipinski definition) is 4. The predicted molar refractivity (Wildman–Crippen MR) is 115 cm³/mol. The minimum absolute atomic E-state index is 0.0780. The normalized spacial score (nSPS) is 11.9. The van der Waals surface area contributed by atoms with Crippen molar-refractivity contribution in [3.8, 4) is 0 Å². The Morgan fingerprint density at radius 2 is 1.81 bits per heavy atom. The van der Waals surface area contributed by atoms with E-state index in [2.05, 4.69) is 15.0 Å². The van der Waals surface area contributed by atoms with Gasteiger partial charge in [0.2, 0.25) is 5.95 Å². The van der Waals surface area contributed by atoms with Gasteiger partial charge in [0, 0.05) is 41.7 Å². The van der Waals surface area contributed by atoms with E-state index >= 15 is 0 Å². The van der Waals surface area contributed by atoms with Crippen LogP contribution in [0, 0.1) is 18.7 Å². The molecule has 160 valence electrons. The molecule has 1 aromatic carbocycles. The van der Waals surface area contributed by atoms with Gasteiger partial charge in [0.1, 0.15) is 11.5 Å². The maximum absolute atomic E-state index is 14.7. The van der Waals surface area contributed by atoms with Crippen LogP contribution in [-0.4, -0.2) is 29.6 Å². The first-order chi connectivity index (χ1) is 14.7. The van der Waals surface area contributed by atoms with E-state index in [4.69, 9.17) is 0 Å². The van der Waals surface area contributed by atoms with Crippen LogP contribution in [0.4, 0.5) is 8.78 Å². The average Bonchev–Trinajstić information content (AvgIpc) is 3.09. The molecule has 0 bridgehead atoms. The molecule has 0 atom stereocenters. The van der Waals surface area contributed by atoms with Crippen molar-refractivity contribution in [2.45, 2.75) is 31.1 Å². The molecule has 0 saturated carbocycles. The van der Waals surface area contributed by atoms with Gasteiger partial charge >= 0.3 is 0 Å². The van der Waals surface area contributed by atoms with Gasteiger partial charge in [-0.3, -0.25) is 0 Å². The number of nitrogens with zero attached hydrogens (tertiary/aromatic N) is 2. The van der Waals surface area contributed by atoms with Crippen molar-refractivity contribution in [3.63, 3.8) is 0 Å². The van der Waals surface area contributed by atoms with E-state index in [0.29, 0.717) is 29.7 Å². The molecule has 0 unspecified atom stereocenters. The number of aromatic nitrogens is 3. The van der Waals surface area contributed by atoms with Crippen LogP contribution in [0.3, 0.4) is 0 Å². The van der Waals surface area contributed by atoms with Gasteiger partial charge in [-0.25, -0.2) is 22.8 Å². The molecule has 0 aliphatic heterocycles. The smallest absolute Gasteiger partial charge is 0.216 e. The lowest BCUT2D eigenvalue weighted by Gasteiger charge is -2.09. The first kappa shape index (κ1) is 21.1. The molecule has 0 amide bonds. The van der Waals surface area contributed by atoms with Gasteiger partial charge in [0.05, 0.1) is 4.90 Å². The van der Waals surface area contributed by atoms with Crippen molar-refractivity contribution in [1.29, 1.82) is 0 Å². The lowest BCUT2D eigenvalue weighted by molar-refractivity contribution is 0.562. The molecule has 4 rings (SSSR count). The zero-order valence-corrected chi connectivity index (χ0v) is 17.9.